The number of thioether (sulfide) groups is 1. The SMILES string of the molecule is CCCCCCC(CCCCCC)C1=N[C@H](C(=O)O)CS1. The largest absolute Gasteiger partial charge is 0.480 e. The third kappa shape index (κ3) is 7.35. The first-order chi connectivity index (χ1) is 10.2. The number of unbranched alkanes of at least 4 members (excludes halogenated alkanes) is 6. The Morgan fingerprint density at radius 3 is 2.14 bits per heavy atom. The lowest BCUT2D eigenvalue weighted by molar-refractivity contribution is -0.137. The zero-order valence-corrected chi connectivity index (χ0v) is 14.5. The second-order valence-corrected chi connectivity index (χ2v) is 7.07. The number of rotatable bonds is 12. The van der Waals surface area contributed by atoms with E-state index in [4.69, 9.17) is 5.11 Å². The summed E-state index contributed by atoms with van der Waals surface area (Å²) in [6.07, 6.45) is 12.6. The van der Waals surface area contributed by atoms with Crippen LogP contribution >= 0.6 is 11.8 Å². The van der Waals surface area contributed by atoms with Gasteiger partial charge in [-0.1, -0.05) is 65.2 Å². The van der Waals surface area contributed by atoms with Gasteiger partial charge in [-0.3, -0.25) is 4.99 Å². The topological polar surface area (TPSA) is 49.7 Å². The van der Waals surface area contributed by atoms with Crippen molar-refractivity contribution in [2.24, 2.45) is 10.9 Å². The van der Waals surface area contributed by atoms with Crippen molar-refractivity contribution >= 4 is 22.8 Å². The fraction of sp³-hybridized carbons (Fsp3) is 0.882. The molecule has 4 heteroatoms. The Labute approximate surface area is 134 Å². The van der Waals surface area contributed by atoms with E-state index in [2.05, 4.69) is 18.8 Å². The molecule has 1 rings (SSSR count). The number of hydrogen-bond donors (Lipinski definition) is 1. The summed E-state index contributed by atoms with van der Waals surface area (Å²) in [5.41, 5.74) is 0. The van der Waals surface area contributed by atoms with E-state index in [9.17, 15) is 4.79 Å². The Bertz CT molecular complexity index is 319. The molecule has 21 heavy (non-hydrogen) atoms. The van der Waals surface area contributed by atoms with E-state index < -0.39 is 12.0 Å². The highest BCUT2D eigenvalue weighted by atomic mass is 32.2. The maximum absolute atomic E-state index is 11.0. The van der Waals surface area contributed by atoms with Crippen molar-refractivity contribution in [3.8, 4) is 0 Å². The lowest BCUT2D eigenvalue weighted by Gasteiger charge is -2.16. The van der Waals surface area contributed by atoms with Crippen molar-refractivity contribution < 1.29 is 9.90 Å². The molecule has 3 nitrogen and oxygen atoms in total. The van der Waals surface area contributed by atoms with Gasteiger partial charge in [0.05, 0.1) is 5.04 Å². The Kier molecular flexibility index (Phi) is 9.81. The van der Waals surface area contributed by atoms with Gasteiger partial charge in [-0.2, -0.15) is 0 Å². The Morgan fingerprint density at radius 1 is 1.14 bits per heavy atom. The molecule has 0 aromatic rings. The highest BCUT2D eigenvalue weighted by molar-refractivity contribution is 8.14. The Hall–Kier alpha value is -0.510. The van der Waals surface area contributed by atoms with Crippen molar-refractivity contribution in [2.75, 3.05) is 5.75 Å². The van der Waals surface area contributed by atoms with Crippen molar-refractivity contribution in [2.45, 2.75) is 84.1 Å². The summed E-state index contributed by atoms with van der Waals surface area (Å²) < 4.78 is 0. The summed E-state index contributed by atoms with van der Waals surface area (Å²) >= 11 is 1.68. The van der Waals surface area contributed by atoms with Crippen molar-refractivity contribution in [3.63, 3.8) is 0 Å². The molecule has 0 aromatic carbocycles. The van der Waals surface area contributed by atoms with Gasteiger partial charge in [0.25, 0.3) is 0 Å². The first kappa shape index (κ1) is 18.5. The van der Waals surface area contributed by atoms with Gasteiger partial charge in [-0.25, -0.2) is 4.79 Å². The van der Waals surface area contributed by atoms with Crippen LogP contribution in [0.25, 0.3) is 0 Å². The molecule has 122 valence electrons. The van der Waals surface area contributed by atoms with Crippen LogP contribution in [0.2, 0.25) is 0 Å². The van der Waals surface area contributed by atoms with Gasteiger partial charge in [-0.05, 0) is 12.8 Å². The van der Waals surface area contributed by atoms with E-state index in [1.807, 2.05) is 0 Å². The summed E-state index contributed by atoms with van der Waals surface area (Å²) in [4.78, 5) is 15.5. The zero-order valence-electron chi connectivity index (χ0n) is 13.6. The molecule has 0 unspecified atom stereocenters. The minimum absolute atomic E-state index is 0.501. The van der Waals surface area contributed by atoms with Gasteiger partial charge in [0.15, 0.2) is 6.04 Å². The third-order valence-electron chi connectivity index (χ3n) is 4.12. The van der Waals surface area contributed by atoms with Crippen molar-refractivity contribution in [1.82, 2.24) is 0 Å². The maximum atomic E-state index is 11.0. The standard InChI is InChI=1S/C17H31NO2S/c1-3-5-7-9-11-14(12-10-8-6-4-2)16-18-15(13-21-16)17(19)20/h14-15H,3-13H2,1-2H3,(H,19,20)/t15-/m0/s1. The number of aliphatic carboxylic acids is 1. The molecule has 1 aliphatic rings. The number of nitrogens with zero attached hydrogens (tertiary/aromatic N) is 1. The van der Waals surface area contributed by atoms with Crippen LogP contribution < -0.4 is 0 Å². The predicted octanol–water partition coefficient (Wildman–Crippen LogP) is 5.14. The molecule has 0 saturated heterocycles. The van der Waals surface area contributed by atoms with Crippen LogP contribution in [0.5, 0.6) is 0 Å². The Morgan fingerprint density at radius 2 is 1.71 bits per heavy atom. The molecule has 0 radical (unpaired) electrons. The molecule has 0 spiro atoms. The molecular formula is C17H31NO2S. The van der Waals surface area contributed by atoms with E-state index >= 15 is 0 Å². The minimum Gasteiger partial charge on any atom is -0.480 e. The molecule has 0 bridgehead atoms. The van der Waals surface area contributed by atoms with Crippen molar-refractivity contribution in [1.29, 1.82) is 0 Å². The molecule has 0 amide bonds. The van der Waals surface area contributed by atoms with Crippen LogP contribution in [0.4, 0.5) is 0 Å². The average molecular weight is 314 g/mol. The van der Waals surface area contributed by atoms with Crippen LogP contribution in [0.1, 0.15) is 78.1 Å². The number of hydrogen-bond acceptors (Lipinski definition) is 3. The lowest BCUT2D eigenvalue weighted by Crippen LogP contribution is -2.17. The van der Waals surface area contributed by atoms with Crippen LogP contribution in [0, 0.1) is 5.92 Å². The number of aliphatic imine (C=N–C) groups is 1. The number of carboxylic acids is 1. The van der Waals surface area contributed by atoms with Crippen LogP contribution in [-0.4, -0.2) is 27.9 Å². The van der Waals surface area contributed by atoms with Crippen LogP contribution in [0.15, 0.2) is 4.99 Å². The van der Waals surface area contributed by atoms with Gasteiger partial charge in [0.2, 0.25) is 0 Å². The predicted molar refractivity (Wildman–Crippen MR) is 92.3 cm³/mol. The molecule has 1 aliphatic heterocycles. The average Bonchev–Trinajstić information content (AvgIpc) is 2.95. The quantitative estimate of drug-likeness (QED) is 0.507. The third-order valence-corrected chi connectivity index (χ3v) is 5.34. The van der Waals surface area contributed by atoms with E-state index in [-0.39, 0.29) is 0 Å². The molecule has 0 fully saturated rings. The van der Waals surface area contributed by atoms with E-state index in [1.54, 1.807) is 11.8 Å². The Balaban J connectivity index is 2.46. The van der Waals surface area contributed by atoms with Gasteiger partial charge < -0.3 is 5.11 Å². The molecule has 0 aliphatic carbocycles. The zero-order chi connectivity index (χ0) is 15.5. The first-order valence-corrected chi connectivity index (χ1v) is 9.60. The monoisotopic (exact) mass is 313 g/mol. The normalized spacial score (nSPS) is 18.2. The number of carboxylic acid groups (broad SMARTS) is 1. The summed E-state index contributed by atoms with van der Waals surface area (Å²) in [5, 5.41) is 10.2. The highest BCUT2D eigenvalue weighted by Crippen LogP contribution is 2.30. The summed E-state index contributed by atoms with van der Waals surface area (Å²) in [7, 11) is 0. The highest BCUT2D eigenvalue weighted by Gasteiger charge is 2.28. The van der Waals surface area contributed by atoms with Crippen LogP contribution in [0.3, 0.4) is 0 Å². The summed E-state index contributed by atoms with van der Waals surface area (Å²) in [6.45, 7) is 4.47. The summed E-state index contributed by atoms with van der Waals surface area (Å²) in [5.74, 6) is 0.367. The van der Waals surface area contributed by atoms with E-state index in [1.165, 1.54) is 64.2 Å². The molecule has 1 atom stereocenters. The molecule has 0 saturated carbocycles. The van der Waals surface area contributed by atoms with Gasteiger partial charge in [-0.15, -0.1) is 11.8 Å². The van der Waals surface area contributed by atoms with E-state index in [0.717, 1.165) is 5.04 Å². The lowest BCUT2D eigenvalue weighted by atomic mass is 9.95. The fourth-order valence-electron chi connectivity index (χ4n) is 2.77. The molecular weight excluding hydrogens is 282 g/mol. The summed E-state index contributed by atoms with van der Waals surface area (Å²) in [6, 6.07) is -0.501. The van der Waals surface area contributed by atoms with Gasteiger partial charge in [0, 0.05) is 11.7 Å². The van der Waals surface area contributed by atoms with E-state index in [0.29, 0.717) is 11.7 Å². The molecule has 1 heterocycles. The molecule has 0 aromatic heterocycles. The van der Waals surface area contributed by atoms with Gasteiger partial charge >= 0.3 is 5.97 Å². The number of carbonyl (C=O) groups is 1. The fourth-order valence-corrected chi connectivity index (χ4v) is 3.99. The second kappa shape index (κ2) is 11.1. The van der Waals surface area contributed by atoms with Crippen LogP contribution in [-0.2, 0) is 4.79 Å². The first-order valence-electron chi connectivity index (χ1n) is 8.62. The second-order valence-electron chi connectivity index (χ2n) is 6.03. The smallest absolute Gasteiger partial charge is 0.329 e. The van der Waals surface area contributed by atoms with Gasteiger partial charge in [0.1, 0.15) is 0 Å². The van der Waals surface area contributed by atoms with Crippen molar-refractivity contribution in [3.05, 3.63) is 0 Å². The maximum Gasteiger partial charge on any atom is 0.329 e. The molecule has 1 N–H and O–H groups in total. The minimum atomic E-state index is -0.770.